The van der Waals surface area contributed by atoms with E-state index in [2.05, 4.69) is 24.0 Å². The normalized spacial score (nSPS) is 11.5. The number of aryl methyl sites for hydroxylation is 2. The summed E-state index contributed by atoms with van der Waals surface area (Å²) in [5.74, 6) is 1.02. The number of halogens is 1. The summed E-state index contributed by atoms with van der Waals surface area (Å²) in [7, 11) is 1.60. The molecule has 0 aliphatic rings. The van der Waals surface area contributed by atoms with Gasteiger partial charge in [0.25, 0.3) is 5.56 Å². The maximum absolute atomic E-state index is 13.2. The van der Waals surface area contributed by atoms with Gasteiger partial charge in [0.05, 0.1) is 6.54 Å². The van der Waals surface area contributed by atoms with E-state index < -0.39 is 11.2 Å². The molecule has 0 unspecified atom stereocenters. The maximum Gasteiger partial charge on any atom is 0.332 e. The van der Waals surface area contributed by atoms with Crippen molar-refractivity contribution in [3.05, 3.63) is 55.0 Å². The van der Waals surface area contributed by atoms with Crippen molar-refractivity contribution in [2.75, 3.05) is 6.54 Å². The monoisotopic (exact) mass is 417 g/mol. The molecule has 0 saturated carbocycles. The summed E-state index contributed by atoms with van der Waals surface area (Å²) < 4.78 is 4.41. The third kappa shape index (κ3) is 4.17. The predicted molar refractivity (Wildman–Crippen MR) is 114 cm³/mol. The molecule has 0 aliphatic heterocycles. The molecule has 9 heteroatoms. The van der Waals surface area contributed by atoms with Crippen molar-refractivity contribution in [3.63, 3.8) is 0 Å². The molecule has 0 radical (unpaired) electrons. The molecule has 154 valence electrons. The second kappa shape index (κ2) is 8.73. The molecule has 2 heterocycles. The topological polar surface area (TPSA) is 91.2 Å². The zero-order valence-electron chi connectivity index (χ0n) is 16.8. The van der Waals surface area contributed by atoms with Gasteiger partial charge in [-0.05, 0) is 30.9 Å². The molecule has 2 aromatic heterocycles. The lowest BCUT2D eigenvalue weighted by Crippen LogP contribution is -2.39. The number of aromatic nitrogens is 4. The molecule has 3 rings (SSSR count). The number of nitroso groups, excluding NO2 is 1. The zero-order chi connectivity index (χ0) is 21.1. The van der Waals surface area contributed by atoms with Crippen LogP contribution in [0.2, 0.25) is 5.02 Å². The van der Waals surface area contributed by atoms with Crippen molar-refractivity contribution in [1.82, 2.24) is 18.7 Å². The number of hydrogen-bond acceptors (Lipinski definition) is 5. The van der Waals surface area contributed by atoms with E-state index in [0.29, 0.717) is 40.9 Å². The van der Waals surface area contributed by atoms with E-state index in [9.17, 15) is 14.5 Å². The van der Waals surface area contributed by atoms with E-state index in [1.54, 1.807) is 19.2 Å². The SMILES string of the molecule is CC(C)CCn1c(-c2cccc(Cl)c2)nc2c1c(=O)n(CCCN=O)c(=O)n2C. The summed E-state index contributed by atoms with van der Waals surface area (Å²) in [5.41, 5.74) is 0.629. The van der Waals surface area contributed by atoms with Gasteiger partial charge < -0.3 is 4.57 Å². The Bertz CT molecular complexity index is 1160. The van der Waals surface area contributed by atoms with Gasteiger partial charge in [0.15, 0.2) is 11.2 Å². The first-order chi connectivity index (χ1) is 13.8. The summed E-state index contributed by atoms with van der Waals surface area (Å²) >= 11 is 6.16. The lowest BCUT2D eigenvalue weighted by Gasteiger charge is -2.12. The first-order valence-electron chi connectivity index (χ1n) is 9.60. The van der Waals surface area contributed by atoms with Crippen LogP contribution in [0.15, 0.2) is 39.0 Å². The third-order valence-corrected chi connectivity index (χ3v) is 5.11. The number of imidazole rings is 1. The fourth-order valence-electron chi connectivity index (χ4n) is 3.32. The van der Waals surface area contributed by atoms with Crippen LogP contribution >= 0.6 is 11.6 Å². The highest BCUT2D eigenvalue weighted by Gasteiger charge is 2.21. The van der Waals surface area contributed by atoms with Crippen molar-refractivity contribution in [3.8, 4) is 11.4 Å². The Kier molecular flexibility index (Phi) is 6.32. The molecule has 0 amide bonds. The molecule has 0 saturated heterocycles. The van der Waals surface area contributed by atoms with Crippen LogP contribution in [0.4, 0.5) is 0 Å². The molecular formula is C20H24ClN5O3. The van der Waals surface area contributed by atoms with Crippen LogP contribution in [0.25, 0.3) is 22.6 Å². The van der Waals surface area contributed by atoms with Gasteiger partial charge in [-0.15, -0.1) is 0 Å². The Morgan fingerprint density at radius 3 is 2.59 bits per heavy atom. The van der Waals surface area contributed by atoms with Gasteiger partial charge in [-0.1, -0.05) is 42.8 Å². The highest BCUT2D eigenvalue weighted by molar-refractivity contribution is 6.30. The molecule has 0 fully saturated rings. The second-order valence-corrected chi connectivity index (χ2v) is 7.89. The number of rotatable bonds is 8. The summed E-state index contributed by atoms with van der Waals surface area (Å²) in [4.78, 5) is 41.0. The van der Waals surface area contributed by atoms with E-state index >= 15 is 0 Å². The molecule has 0 bridgehead atoms. The molecule has 29 heavy (non-hydrogen) atoms. The van der Waals surface area contributed by atoms with E-state index in [1.807, 2.05) is 16.7 Å². The van der Waals surface area contributed by atoms with Gasteiger partial charge in [-0.25, -0.2) is 9.78 Å². The average Bonchev–Trinajstić information content (AvgIpc) is 3.07. The Labute approximate surface area is 172 Å². The minimum atomic E-state index is -0.459. The summed E-state index contributed by atoms with van der Waals surface area (Å²) in [6, 6.07) is 7.27. The van der Waals surface area contributed by atoms with E-state index in [-0.39, 0.29) is 13.1 Å². The molecule has 1 aromatic carbocycles. The standard InChI is InChI=1S/C20H24ClN5O3/c1-13(2)8-11-25-16-18(23-17(25)14-6-4-7-15(21)12-14)24(3)20(28)26(19(16)27)10-5-9-22-29/h4,6-7,12-13H,5,8-11H2,1-3H3. The van der Waals surface area contributed by atoms with Crippen LogP contribution in [-0.4, -0.2) is 25.2 Å². The predicted octanol–water partition coefficient (Wildman–Crippen LogP) is 3.42. The largest absolute Gasteiger partial charge is 0.332 e. The smallest absolute Gasteiger partial charge is 0.318 e. The fraction of sp³-hybridized carbons (Fsp3) is 0.450. The van der Waals surface area contributed by atoms with Gasteiger partial charge in [-0.3, -0.25) is 13.9 Å². The molecule has 0 atom stereocenters. The molecular weight excluding hydrogens is 394 g/mol. The number of fused-ring (bicyclic) bond motifs is 1. The van der Waals surface area contributed by atoms with E-state index in [1.165, 1.54) is 4.57 Å². The highest BCUT2D eigenvalue weighted by Crippen LogP contribution is 2.25. The zero-order valence-corrected chi connectivity index (χ0v) is 17.5. The summed E-state index contributed by atoms with van der Waals surface area (Å²) in [6.45, 7) is 4.99. The summed E-state index contributed by atoms with van der Waals surface area (Å²) in [5, 5.41) is 3.38. The Hall–Kier alpha value is -2.74. The lowest BCUT2D eigenvalue weighted by atomic mass is 10.1. The van der Waals surface area contributed by atoms with Gasteiger partial charge >= 0.3 is 5.69 Å². The van der Waals surface area contributed by atoms with Gasteiger partial charge in [-0.2, -0.15) is 4.91 Å². The van der Waals surface area contributed by atoms with Crippen molar-refractivity contribution in [1.29, 1.82) is 0 Å². The van der Waals surface area contributed by atoms with Crippen LogP contribution in [0, 0.1) is 10.8 Å². The van der Waals surface area contributed by atoms with Gasteiger partial charge in [0.2, 0.25) is 0 Å². The molecule has 8 nitrogen and oxygen atoms in total. The number of hydrogen-bond donors (Lipinski definition) is 0. The van der Waals surface area contributed by atoms with Crippen molar-refractivity contribution >= 4 is 22.8 Å². The van der Waals surface area contributed by atoms with Gasteiger partial charge in [0.1, 0.15) is 5.82 Å². The first kappa shape index (κ1) is 21.0. The van der Waals surface area contributed by atoms with Crippen LogP contribution in [0.1, 0.15) is 26.7 Å². The third-order valence-electron chi connectivity index (χ3n) is 4.88. The van der Waals surface area contributed by atoms with Crippen LogP contribution < -0.4 is 11.2 Å². The Balaban J connectivity index is 2.29. The van der Waals surface area contributed by atoms with Crippen molar-refractivity contribution in [2.45, 2.75) is 39.8 Å². The average molecular weight is 418 g/mol. The molecule has 0 spiro atoms. The maximum atomic E-state index is 13.2. The van der Waals surface area contributed by atoms with Crippen LogP contribution in [0.3, 0.4) is 0 Å². The Morgan fingerprint density at radius 2 is 1.93 bits per heavy atom. The van der Waals surface area contributed by atoms with Gasteiger partial charge in [0, 0.05) is 30.7 Å². The van der Waals surface area contributed by atoms with E-state index in [0.717, 1.165) is 16.6 Å². The lowest BCUT2D eigenvalue weighted by molar-refractivity contribution is 0.521. The van der Waals surface area contributed by atoms with Crippen molar-refractivity contribution in [2.24, 2.45) is 18.1 Å². The number of benzene rings is 1. The summed E-state index contributed by atoms with van der Waals surface area (Å²) in [6.07, 6.45) is 1.17. The molecule has 3 aromatic rings. The molecule has 0 N–H and O–H groups in total. The fourth-order valence-corrected chi connectivity index (χ4v) is 3.51. The van der Waals surface area contributed by atoms with Crippen LogP contribution in [-0.2, 0) is 20.1 Å². The second-order valence-electron chi connectivity index (χ2n) is 7.46. The minimum absolute atomic E-state index is 0.0496. The molecule has 0 aliphatic carbocycles. The van der Waals surface area contributed by atoms with Crippen LogP contribution in [0.5, 0.6) is 0 Å². The highest BCUT2D eigenvalue weighted by atomic mass is 35.5. The van der Waals surface area contributed by atoms with E-state index in [4.69, 9.17) is 11.6 Å². The number of nitrogens with zero attached hydrogens (tertiary/aromatic N) is 5. The minimum Gasteiger partial charge on any atom is -0.318 e. The Morgan fingerprint density at radius 1 is 1.17 bits per heavy atom. The first-order valence-corrected chi connectivity index (χ1v) is 9.98. The quantitative estimate of drug-likeness (QED) is 0.414. The van der Waals surface area contributed by atoms with Crippen molar-refractivity contribution < 1.29 is 0 Å².